The normalized spacial score (nSPS) is 21.1. The Hall–Kier alpha value is -1.81. The maximum absolute atomic E-state index is 12.8. The number of carbonyl (C=O) groups is 1. The molecule has 2 aromatic rings. The first-order valence-electron chi connectivity index (χ1n) is 8.59. The number of aromatic nitrogens is 1. The average Bonchev–Trinajstić information content (AvgIpc) is 3.04. The van der Waals surface area contributed by atoms with Gasteiger partial charge < -0.3 is 9.47 Å². The van der Waals surface area contributed by atoms with E-state index in [1.807, 2.05) is 26.2 Å². The summed E-state index contributed by atoms with van der Waals surface area (Å²) in [5.41, 5.74) is 0.991. The van der Waals surface area contributed by atoms with Gasteiger partial charge in [-0.2, -0.15) is 4.31 Å². The second-order valence-corrected chi connectivity index (χ2v) is 9.54. The van der Waals surface area contributed by atoms with Gasteiger partial charge in [0.1, 0.15) is 6.61 Å². The van der Waals surface area contributed by atoms with Gasteiger partial charge in [-0.25, -0.2) is 18.2 Å². The molecular formula is C18H22N2O5S2. The number of aryl methyl sites for hydroxylation is 1. The van der Waals surface area contributed by atoms with Gasteiger partial charge in [0.15, 0.2) is 0 Å². The van der Waals surface area contributed by atoms with E-state index in [9.17, 15) is 13.2 Å². The first kappa shape index (κ1) is 19.9. The molecule has 0 saturated carbocycles. The van der Waals surface area contributed by atoms with Crippen molar-refractivity contribution in [3.8, 4) is 0 Å². The molecule has 7 nitrogen and oxygen atoms in total. The molecule has 146 valence electrons. The fourth-order valence-corrected chi connectivity index (χ4v) is 5.12. The molecule has 2 atom stereocenters. The average molecular weight is 411 g/mol. The van der Waals surface area contributed by atoms with Crippen LogP contribution in [0, 0.1) is 6.92 Å². The van der Waals surface area contributed by atoms with Gasteiger partial charge in [-0.1, -0.05) is 0 Å². The highest BCUT2D eigenvalue weighted by atomic mass is 32.2. The van der Waals surface area contributed by atoms with E-state index in [4.69, 9.17) is 9.47 Å². The zero-order valence-electron chi connectivity index (χ0n) is 15.4. The molecule has 0 amide bonds. The summed E-state index contributed by atoms with van der Waals surface area (Å²) in [4.78, 5) is 16.5. The van der Waals surface area contributed by atoms with Gasteiger partial charge in [0, 0.05) is 18.5 Å². The summed E-state index contributed by atoms with van der Waals surface area (Å²) >= 11 is 1.49. The Kier molecular flexibility index (Phi) is 5.95. The predicted molar refractivity (Wildman–Crippen MR) is 101 cm³/mol. The number of hydrogen-bond donors (Lipinski definition) is 0. The molecule has 0 radical (unpaired) electrons. The van der Waals surface area contributed by atoms with E-state index in [0.29, 0.717) is 24.3 Å². The van der Waals surface area contributed by atoms with Crippen LogP contribution in [0.15, 0.2) is 34.5 Å². The molecule has 2 heterocycles. The molecule has 0 bridgehead atoms. The number of thiazole rings is 1. The number of esters is 1. The fraction of sp³-hybridized carbons (Fsp3) is 0.444. The van der Waals surface area contributed by atoms with Crippen molar-refractivity contribution in [1.29, 1.82) is 0 Å². The van der Waals surface area contributed by atoms with E-state index >= 15 is 0 Å². The van der Waals surface area contributed by atoms with E-state index < -0.39 is 16.0 Å². The summed E-state index contributed by atoms with van der Waals surface area (Å²) in [5.74, 6) is -0.516. The quantitative estimate of drug-likeness (QED) is 0.705. The predicted octanol–water partition coefficient (Wildman–Crippen LogP) is 2.61. The second kappa shape index (κ2) is 8.05. The number of rotatable bonds is 5. The minimum Gasteiger partial charge on any atom is -0.456 e. The summed E-state index contributed by atoms with van der Waals surface area (Å²) in [7, 11) is -3.63. The molecule has 1 saturated heterocycles. The Bertz CT molecular complexity index is 898. The largest absolute Gasteiger partial charge is 0.456 e. The van der Waals surface area contributed by atoms with Crippen molar-refractivity contribution >= 4 is 27.3 Å². The Morgan fingerprint density at radius 2 is 1.89 bits per heavy atom. The number of sulfonamides is 1. The number of hydrogen-bond acceptors (Lipinski definition) is 7. The van der Waals surface area contributed by atoms with E-state index in [-0.39, 0.29) is 23.7 Å². The number of benzene rings is 1. The molecule has 1 aliphatic heterocycles. The summed E-state index contributed by atoms with van der Waals surface area (Å²) in [6.07, 6.45) is -0.320. The molecule has 1 fully saturated rings. The summed E-state index contributed by atoms with van der Waals surface area (Å²) in [6, 6.07) is 5.80. The molecule has 0 spiro atoms. The van der Waals surface area contributed by atoms with Crippen molar-refractivity contribution in [3.63, 3.8) is 0 Å². The molecule has 0 N–H and O–H groups in total. The van der Waals surface area contributed by atoms with Crippen LogP contribution < -0.4 is 0 Å². The lowest BCUT2D eigenvalue weighted by atomic mass is 10.2. The molecule has 0 aliphatic carbocycles. The Morgan fingerprint density at radius 3 is 2.44 bits per heavy atom. The summed E-state index contributed by atoms with van der Waals surface area (Å²) in [6.45, 7) is 6.28. The topological polar surface area (TPSA) is 85.8 Å². The van der Waals surface area contributed by atoms with Crippen molar-refractivity contribution < 1.29 is 22.7 Å². The third kappa shape index (κ3) is 4.73. The van der Waals surface area contributed by atoms with Gasteiger partial charge in [-0.05, 0) is 45.0 Å². The molecule has 1 aromatic heterocycles. The van der Waals surface area contributed by atoms with Crippen molar-refractivity contribution in [3.05, 3.63) is 45.9 Å². The van der Waals surface area contributed by atoms with Crippen molar-refractivity contribution in [1.82, 2.24) is 9.29 Å². The van der Waals surface area contributed by atoms with E-state index in [1.54, 1.807) is 0 Å². The van der Waals surface area contributed by atoms with Crippen molar-refractivity contribution in [2.45, 2.75) is 44.5 Å². The Labute approximate surface area is 163 Å². The lowest BCUT2D eigenvalue weighted by Crippen LogP contribution is -2.48. The zero-order valence-corrected chi connectivity index (χ0v) is 17.0. The van der Waals surface area contributed by atoms with E-state index in [0.717, 1.165) is 5.01 Å². The fourth-order valence-electron chi connectivity index (χ4n) is 2.94. The molecular weight excluding hydrogens is 388 g/mol. The van der Waals surface area contributed by atoms with Gasteiger partial charge in [0.05, 0.1) is 33.4 Å². The molecule has 3 rings (SSSR count). The number of morpholine rings is 1. The standard InChI is InChI=1S/C18H22N2O5S2/c1-12-8-20(9-13(2)25-12)27(22,23)17-6-4-15(5-7-17)18(21)24-10-16-11-26-14(3)19-16/h4-7,11-13H,8-10H2,1-3H3/t12-,13-/m1/s1. The Balaban J connectivity index is 1.67. The van der Waals surface area contributed by atoms with Crippen molar-refractivity contribution in [2.24, 2.45) is 0 Å². The first-order chi connectivity index (χ1) is 12.8. The van der Waals surface area contributed by atoms with Crippen LogP contribution in [-0.2, 0) is 26.1 Å². The number of carbonyl (C=O) groups excluding carboxylic acids is 1. The van der Waals surface area contributed by atoms with Crippen LogP contribution in [0.2, 0.25) is 0 Å². The van der Waals surface area contributed by atoms with Gasteiger partial charge in [-0.15, -0.1) is 11.3 Å². The maximum Gasteiger partial charge on any atom is 0.338 e. The minimum absolute atomic E-state index is 0.0901. The van der Waals surface area contributed by atoms with Crippen LogP contribution in [-0.4, -0.2) is 49.0 Å². The van der Waals surface area contributed by atoms with Gasteiger partial charge in [-0.3, -0.25) is 0 Å². The lowest BCUT2D eigenvalue weighted by molar-refractivity contribution is -0.0440. The van der Waals surface area contributed by atoms with Crippen LogP contribution in [0.5, 0.6) is 0 Å². The molecule has 27 heavy (non-hydrogen) atoms. The highest BCUT2D eigenvalue weighted by molar-refractivity contribution is 7.89. The second-order valence-electron chi connectivity index (χ2n) is 6.54. The SMILES string of the molecule is Cc1nc(COC(=O)c2ccc(S(=O)(=O)N3C[C@@H](C)O[C@H](C)C3)cc2)cs1. The molecule has 1 aliphatic rings. The molecule has 1 aromatic carbocycles. The van der Waals surface area contributed by atoms with Crippen LogP contribution in [0.3, 0.4) is 0 Å². The summed E-state index contributed by atoms with van der Waals surface area (Å²) < 4.78 is 37.9. The van der Waals surface area contributed by atoms with E-state index in [2.05, 4.69) is 4.98 Å². The maximum atomic E-state index is 12.8. The highest BCUT2D eigenvalue weighted by Crippen LogP contribution is 2.22. The van der Waals surface area contributed by atoms with Gasteiger partial charge in [0.2, 0.25) is 10.0 Å². The number of nitrogens with zero attached hydrogens (tertiary/aromatic N) is 2. The van der Waals surface area contributed by atoms with Crippen LogP contribution in [0.1, 0.15) is 34.9 Å². The summed E-state index contributed by atoms with van der Waals surface area (Å²) in [5, 5.41) is 2.74. The van der Waals surface area contributed by atoms with Crippen LogP contribution in [0.4, 0.5) is 0 Å². The highest BCUT2D eigenvalue weighted by Gasteiger charge is 2.32. The first-order valence-corrected chi connectivity index (χ1v) is 10.9. The van der Waals surface area contributed by atoms with E-state index in [1.165, 1.54) is 39.9 Å². The smallest absolute Gasteiger partial charge is 0.338 e. The third-order valence-electron chi connectivity index (χ3n) is 4.13. The van der Waals surface area contributed by atoms with Crippen LogP contribution >= 0.6 is 11.3 Å². The van der Waals surface area contributed by atoms with Gasteiger partial charge in [0.25, 0.3) is 0 Å². The zero-order chi connectivity index (χ0) is 19.6. The van der Waals surface area contributed by atoms with Crippen LogP contribution in [0.25, 0.3) is 0 Å². The lowest BCUT2D eigenvalue weighted by Gasteiger charge is -2.34. The van der Waals surface area contributed by atoms with Gasteiger partial charge >= 0.3 is 5.97 Å². The minimum atomic E-state index is -3.63. The third-order valence-corrected chi connectivity index (χ3v) is 6.80. The number of ether oxygens (including phenoxy) is 2. The molecule has 9 heteroatoms. The monoisotopic (exact) mass is 410 g/mol. The Morgan fingerprint density at radius 1 is 1.26 bits per heavy atom. The van der Waals surface area contributed by atoms with Crippen molar-refractivity contribution in [2.75, 3.05) is 13.1 Å². The molecule has 0 unspecified atom stereocenters.